The Hall–Kier alpha value is -1.82. The molecule has 0 saturated heterocycles. The van der Waals surface area contributed by atoms with Gasteiger partial charge in [0.1, 0.15) is 0 Å². The summed E-state index contributed by atoms with van der Waals surface area (Å²) in [4.78, 5) is 0. The third kappa shape index (κ3) is 3.65. The molecule has 0 radical (unpaired) electrons. The fourth-order valence-corrected chi connectivity index (χ4v) is 4.13. The summed E-state index contributed by atoms with van der Waals surface area (Å²) in [5.41, 5.74) is 5.91. The van der Waals surface area contributed by atoms with E-state index in [4.69, 9.17) is 0 Å². The van der Waals surface area contributed by atoms with Crippen molar-refractivity contribution in [3.63, 3.8) is 0 Å². The van der Waals surface area contributed by atoms with Gasteiger partial charge in [-0.2, -0.15) is 0 Å². The van der Waals surface area contributed by atoms with E-state index >= 15 is 0 Å². The molecule has 3 rings (SSSR count). The van der Waals surface area contributed by atoms with Crippen LogP contribution in [-0.2, 0) is 0 Å². The first-order valence-corrected chi connectivity index (χ1v) is 10.3. The molecular weight excluding hydrogens is 312 g/mol. The summed E-state index contributed by atoms with van der Waals surface area (Å²) < 4.78 is 0. The van der Waals surface area contributed by atoms with E-state index in [1.807, 2.05) is 13.8 Å². The van der Waals surface area contributed by atoms with Crippen molar-refractivity contribution in [3.8, 4) is 0 Å². The molecule has 0 nitrogen and oxygen atoms in total. The predicted octanol–water partition coefficient (Wildman–Crippen LogP) is 8.70. The zero-order valence-electron chi connectivity index (χ0n) is 18.2. The van der Waals surface area contributed by atoms with Crippen LogP contribution in [-0.4, -0.2) is 0 Å². The molecule has 0 amide bonds. The second-order valence-corrected chi connectivity index (χ2v) is 8.11. The highest BCUT2D eigenvalue weighted by atomic mass is 14.2. The van der Waals surface area contributed by atoms with E-state index < -0.39 is 0 Å². The number of aryl methyl sites for hydroxylation is 1. The molecule has 0 aliphatic carbocycles. The third-order valence-electron chi connectivity index (χ3n) is 5.37. The van der Waals surface area contributed by atoms with Crippen LogP contribution >= 0.6 is 0 Å². The summed E-state index contributed by atoms with van der Waals surface area (Å²) in [6.07, 6.45) is 0. The molecule has 0 aliphatic heterocycles. The van der Waals surface area contributed by atoms with Gasteiger partial charge >= 0.3 is 0 Å². The maximum atomic E-state index is 2.42. The van der Waals surface area contributed by atoms with Gasteiger partial charge in [0.05, 0.1) is 0 Å². The average molecular weight is 349 g/mol. The summed E-state index contributed by atoms with van der Waals surface area (Å²) >= 11 is 0. The molecule has 140 valence electrons. The first kappa shape index (κ1) is 20.5. The van der Waals surface area contributed by atoms with Gasteiger partial charge in [-0.3, -0.25) is 0 Å². The fraction of sp³-hybridized carbons (Fsp3) is 0.462. The van der Waals surface area contributed by atoms with Crippen LogP contribution in [0.4, 0.5) is 0 Å². The van der Waals surface area contributed by atoms with Gasteiger partial charge in [-0.05, 0) is 80.6 Å². The van der Waals surface area contributed by atoms with E-state index in [-0.39, 0.29) is 0 Å². The van der Waals surface area contributed by atoms with Gasteiger partial charge < -0.3 is 0 Å². The maximum absolute atomic E-state index is 2.42. The minimum atomic E-state index is 0.541. The first-order chi connectivity index (χ1) is 12.3. The molecular formula is C26H36. The second-order valence-electron chi connectivity index (χ2n) is 8.11. The minimum Gasteiger partial charge on any atom is -0.0683 e. The number of hydrogen-bond donors (Lipinski definition) is 0. The topological polar surface area (TPSA) is 0 Å². The maximum Gasteiger partial charge on any atom is -0.0140 e. The predicted molar refractivity (Wildman–Crippen MR) is 120 cm³/mol. The highest BCUT2D eigenvalue weighted by molar-refractivity contribution is 6.02. The Kier molecular flexibility index (Phi) is 6.50. The Bertz CT molecular complexity index is 895. The van der Waals surface area contributed by atoms with Crippen LogP contribution in [0.25, 0.3) is 21.5 Å². The molecule has 0 spiro atoms. The van der Waals surface area contributed by atoms with Crippen molar-refractivity contribution >= 4 is 21.5 Å². The van der Waals surface area contributed by atoms with Crippen LogP contribution in [0.3, 0.4) is 0 Å². The summed E-state index contributed by atoms with van der Waals surface area (Å²) in [6, 6.07) is 14.1. The molecule has 3 aromatic carbocycles. The lowest BCUT2D eigenvalue weighted by Gasteiger charge is -2.20. The molecule has 0 bridgehead atoms. The lowest BCUT2D eigenvalue weighted by molar-refractivity contribution is 0.798. The molecule has 0 atom stereocenters. The molecule has 26 heavy (non-hydrogen) atoms. The third-order valence-corrected chi connectivity index (χ3v) is 5.37. The van der Waals surface area contributed by atoms with E-state index in [9.17, 15) is 0 Å². The summed E-state index contributed by atoms with van der Waals surface area (Å²) in [5, 5.41) is 5.58. The van der Waals surface area contributed by atoms with E-state index in [0.717, 1.165) is 0 Å². The standard InChI is InChI=1S/C24H30.C2H6/c1-14(2)20-10-8-18-13-23-19(12-22(18)17(20)7)9-11-21(15(3)4)24(23)16(5)6;1-2/h8-16H,1-7H3;1-2H3. The highest BCUT2D eigenvalue weighted by Crippen LogP contribution is 2.37. The Morgan fingerprint density at radius 3 is 1.54 bits per heavy atom. The largest absolute Gasteiger partial charge is 0.0683 e. The van der Waals surface area contributed by atoms with Crippen LogP contribution < -0.4 is 0 Å². The Labute approximate surface area is 160 Å². The summed E-state index contributed by atoms with van der Waals surface area (Å²) in [6.45, 7) is 20.1. The first-order valence-electron chi connectivity index (χ1n) is 10.3. The van der Waals surface area contributed by atoms with Gasteiger partial charge in [0.2, 0.25) is 0 Å². The molecule has 0 aliphatic rings. The molecule has 0 aromatic heterocycles. The average Bonchev–Trinajstić information content (AvgIpc) is 2.60. The number of hydrogen-bond acceptors (Lipinski definition) is 0. The Morgan fingerprint density at radius 1 is 0.577 bits per heavy atom. The van der Waals surface area contributed by atoms with Gasteiger partial charge in [-0.15, -0.1) is 0 Å². The molecule has 0 saturated carbocycles. The zero-order chi connectivity index (χ0) is 19.6. The Morgan fingerprint density at radius 2 is 1.04 bits per heavy atom. The molecule has 0 fully saturated rings. The van der Waals surface area contributed by atoms with Crippen molar-refractivity contribution in [1.82, 2.24) is 0 Å². The minimum absolute atomic E-state index is 0.541. The quantitative estimate of drug-likeness (QED) is 0.415. The van der Waals surface area contributed by atoms with Crippen LogP contribution in [0, 0.1) is 6.92 Å². The van der Waals surface area contributed by atoms with Crippen LogP contribution in [0.2, 0.25) is 0 Å². The van der Waals surface area contributed by atoms with Crippen LogP contribution in [0.1, 0.15) is 95.4 Å². The fourth-order valence-electron chi connectivity index (χ4n) is 4.13. The molecule has 3 aromatic rings. The van der Waals surface area contributed by atoms with Gasteiger partial charge in [0.25, 0.3) is 0 Å². The zero-order valence-corrected chi connectivity index (χ0v) is 18.2. The SMILES string of the molecule is CC.Cc1c(C(C)C)ccc2cc3c(C(C)C)c(C(C)C)ccc3cc12. The van der Waals surface area contributed by atoms with Crippen molar-refractivity contribution in [3.05, 3.63) is 58.7 Å². The summed E-state index contributed by atoms with van der Waals surface area (Å²) in [7, 11) is 0. The van der Waals surface area contributed by atoms with Gasteiger partial charge in [-0.1, -0.05) is 79.7 Å². The van der Waals surface area contributed by atoms with E-state index in [1.165, 1.54) is 43.8 Å². The van der Waals surface area contributed by atoms with E-state index in [1.54, 1.807) is 0 Å². The molecule has 0 heteroatoms. The lowest BCUT2D eigenvalue weighted by Crippen LogP contribution is -2.00. The smallest absolute Gasteiger partial charge is 0.0140 e. The molecule has 0 N–H and O–H groups in total. The lowest BCUT2D eigenvalue weighted by atomic mass is 9.84. The molecule has 0 heterocycles. The second kappa shape index (κ2) is 8.25. The number of fused-ring (bicyclic) bond motifs is 2. The van der Waals surface area contributed by atoms with Crippen molar-refractivity contribution in [2.75, 3.05) is 0 Å². The molecule has 0 unspecified atom stereocenters. The van der Waals surface area contributed by atoms with Crippen molar-refractivity contribution < 1.29 is 0 Å². The van der Waals surface area contributed by atoms with E-state index in [2.05, 4.69) is 84.9 Å². The van der Waals surface area contributed by atoms with Crippen LogP contribution in [0.15, 0.2) is 36.4 Å². The Balaban J connectivity index is 0.00000117. The van der Waals surface area contributed by atoms with Crippen LogP contribution in [0.5, 0.6) is 0 Å². The number of rotatable bonds is 3. The van der Waals surface area contributed by atoms with Gasteiger partial charge in [0, 0.05) is 0 Å². The highest BCUT2D eigenvalue weighted by Gasteiger charge is 2.15. The van der Waals surface area contributed by atoms with Crippen molar-refractivity contribution in [1.29, 1.82) is 0 Å². The van der Waals surface area contributed by atoms with Gasteiger partial charge in [0.15, 0.2) is 0 Å². The number of benzene rings is 3. The summed E-state index contributed by atoms with van der Waals surface area (Å²) in [5.74, 6) is 1.67. The van der Waals surface area contributed by atoms with Gasteiger partial charge in [-0.25, -0.2) is 0 Å². The van der Waals surface area contributed by atoms with Crippen molar-refractivity contribution in [2.24, 2.45) is 0 Å². The monoisotopic (exact) mass is 348 g/mol. The van der Waals surface area contributed by atoms with Crippen molar-refractivity contribution in [2.45, 2.75) is 80.1 Å². The van der Waals surface area contributed by atoms with E-state index in [0.29, 0.717) is 17.8 Å². The normalized spacial score (nSPS) is 11.5.